The monoisotopic (exact) mass is 285 g/mol. The molecule has 1 atom stereocenters. The van der Waals surface area contributed by atoms with Gasteiger partial charge >= 0.3 is 6.61 Å². The highest BCUT2D eigenvalue weighted by Gasteiger charge is 2.09. The van der Waals surface area contributed by atoms with Crippen molar-refractivity contribution >= 4 is 16.7 Å². The number of hydrogen-bond donors (Lipinski definition) is 1. The summed E-state index contributed by atoms with van der Waals surface area (Å²) in [6.07, 6.45) is 0. The Bertz CT molecular complexity index is 530. The van der Waals surface area contributed by atoms with Gasteiger partial charge in [-0.1, -0.05) is 12.1 Å². The molecule has 0 aliphatic heterocycles. The molecule has 0 saturated carbocycles. The average Bonchev–Trinajstić information content (AvgIpc) is 2.75. The highest BCUT2D eigenvalue weighted by atomic mass is 32.1. The molecule has 0 spiro atoms. The van der Waals surface area contributed by atoms with Gasteiger partial charge in [0, 0.05) is 11.5 Å². The van der Waals surface area contributed by atoms with E-state index in [0.717, 1.165) is 16.5 Å². The predicted molar refractivity (Wildman–Crippen MR) is 69.8 cm³/mol. The van der Waals surface area contributed by atoms with Crippen LogP contribution < -0.4 is 10.1 Å². The van der Waals surface area contributed by atoms with Crippen LogP contribution in [0.3, 0.4) is 0 Å². The summed E-state index contributed by atoms with van der Waals surface area (Å²) in [6, 6.07) is 6.52. The lowest BCUT2D eigenvalue weighted by Gasteiger charge is -2.13. The Kier molecular flexibility index (Phi) is 4.26. The molecule has 19 heavy (non-hydrogen) atoms. The van der Waals surface area contributed by atoms with E-state index in [9.17, 15) is 8.78 Å². The molecule has 0 fully saturated rings. The second-order valence-electron chi connectivity index (χ2n) is 3.96. The standard InChI is InChI=1S/C12H13F2N3OS/c1-7(15-12-16-8(2)17-19-12)9-3-5-10(6-4-9)18-11(13)14/h3-7,11H,1-2H3,(H,15,16,17). The van der Waals surface area contributed by atoms with Gasteiger partial charge in [-0.2, -0.15) is 13.2 Å². The van der Waals surface area contributed by atoms with Crippen LogP contribution in [0.5, 0.6) is 5.75 Å². The molecule has 1 unspecified atom stereocenters. The molecular formula is C12H13F2N3OS. The quantitative estimate of drug-likeness (QED) is 0.911. The van der Waals surface area contributed by atoms with Crippen molar-refractivity contribution in [2.75, 3.05) is 5.32 Å². The van der Waals surface area contributed by atoms with Crippen LogP contribution in [0.2, 0.25) is 0 Å². The molecule has 1 aromatic heterocycles. The topological polar surface area (TPSA) is 47.0 Å². The van der Waals surface area contributed by atoms with E-state index >= 15 is 0 Å². The Morgan fingerprint density at radius 3 is 2.47 bits per heavy atom. The first-order chi connectivity index (χ1) is 9.04. The SMILES string of the molecule is Cc1nsc(NC(C)c2ccc(OC(F)F)cc2)n1. The average molecular weight is 285 g/mol. The number of ether oxygens (including phenoxy) is 1. The summed E-state index contributed by atoms with van der Waals surface area (Å²) in [5.41, 5.74) is 0.953. The van der Waals surface area contributed by atoms with Gasteiger partial charge in [-0.3, -0.25) is 0 Å². The van der Waals surface area contributed by atoms with Crippen molar-refractivity contribution in [3.05, 3.63) is 35.7 Å². The zero-order chi connectivity index (χ0) is 13.8. The van der Waals surface area contributed by atoms with Gasteiger partial charge in [-0.25, -0.2) is 4.98 Å². The molecular weight excluding hydrogens is 272 g/mol. The number of aryl methyl sites for hydroxylation is 1. The number of aromatic nitrogens is 2. The Balaban J connectivity index is 2.01. The normalized spacial score (nSPS) is 12.5. The minimum absolute atomic E-state index is 0.00736. The van der Waals surface area contributed by atoms with E-state index < -0.39 is 6.61 Å². The molecule has 0 aliphatic carbocycles. The second-order valence-corrected chi connectivity index (χ2v) is 4.71. The van der Waals surface area contributed by atoms with Crippen LogP contribution in [0.15, 0.2) is 24.3 Å². The van der Waals surface area contributed by atoms with Crippen molar-refractivity contribution in [1.82, 2.24) is 9.36 Å². The van der Waals surface area contributed by atoms with E-state index in [1.54, 1.807) is 12.1 Å². The maximum Gasteiger partial charge on any atom is 0.387 e. The van der Waals surface area contributed by atoms with Crippen LogP contribution in [0.4, 0.5) is 13.9 Å². The van der Waals surface area contributed by atoms with E-state index in [2.05, 4.69) is 19.4 Å². The molecule has 1 aromatic carbocycles. The molecule has 0 bridgehead atoms. The number of rotatable bonds is 5. The van der Waals surface area contributed by atoms with Crippen LogP contribution in [-0.4, -0.2) is 16.0 Å². The van der Waals surface area contributed by atoms with Crippen molar-refractivity contribution in [2.24, 2.45) is 0 Å². The van der Waals surface area contributed by atoms with Crippen LogP contribution in [0.1, 0.15) is 24.4 Å². The summed E-state index contributed by atoms with van der Waals surface area (Å²) < 4.78 is 32.4. The largest absolute Gasteiger partial charge is 0.435 e. The van der Waals surface area contributed by atoms with Gasteiger partial charge in [0.25, 0.3) is 0 Å². The van der Waals surface area contributed by atoms with Crippen molar-refractivity contribution in [2.45, 2.75) is 26.5 Å². The Labute approximate surface area is 113 Å². The maximum absolute atomic E-state index is 12.0. The van der Waals surface area contributed by atoms with Crippen molar-refractivity contribution in [1.29, 1.82) is 0 Å². The highest BCUT2D eigenvalue weighted by Crippen LogP contribution is 2.23. The van der Waals surface area contributed by atoms with E-state index in [0.29, 0.717) is 0 Å². The number of hydrogen-bond acceptors (Lipinski definition) is 5. The van der Waals surface area contributed by atoms with Gasteiger partial charge in [0.15, 0.2) is 0 Å². The van der Waals surface area contributed by atoms with Crippen LogP contribution in [-0.2, 0) is 0 Å². The lowest BCUT2D eigenvalue weighted by Crippen LogP contribution is -2.07. The summed E-state index contributed by atoms with van der Waals surface area (Å²) >= 11 is 1.29. The summed E-state index contributed by atoms with van der Waals surface area (Å²) in [6.45, 7) is 0.980. The van der Waals surface area contributed by atoms with Gasteiger partial charge in [0.05, 0.1) is 6.04 Å². The molecule has 2 rings (SSSR count). The third kappa shape index (κ3) is 3.85. The Morgan fingerprint density at radius 2 is 1.95 bits per heavy atom. The lowest BCUT2D eigenvalue weighted by atomic mass is 10.1. The Hall–Kier alpha value is -1.76. The molecule has 0 radical (unpaired) electrons. The van der Waals surface area contributed by atoms with E-state index in [1.165, 1.54) is 23.7 Å². The fraction of sp³-hybridized carbons (Fsp3) is 0.333. The smallest absolute Gasteiger partial charge is 0.387 e. The summed E-state index contributed by atoms with van der Waals surface area (Å²) in [7, 11) is 0. The maximum atomic E-state index is 12.0. The molecule has 0 saturated heterocycles. The van der Waals surface area contributed by atoms with Crippen molar-refractivity contribution in [3.8, 4) is 5.75 Å². The molecule has 0 amide bonds. The first-order valence-corrected chi connectivity index (χ1v) is 6.43. The molecule has 102 valence electrons. The third-order valence-electron chi connectivity index (χ3n) is 2.47. The fourth-order valence-electron chi connectivity index (χ4n) is 1.56. The van der Waals surface area contributed by atoms with E-state index in [-0.39, 0.29) is 11.8 Å². The first-order valence-electron chi connectivity index (χ1n) is 5.66. The number of nitrogens with zero attached hydrogens (tertiary/aromatic N) is 2. The van der Waals surface area contributed by atoms with Crippen LogP contribution in [0, 0.1) is 6.92 Å². The summed E-state index contributed by atoms with van der Waals surface area (Å²) in [5, 5.41) is 3.93. The predicted octanol–water partition coefficient (Wildman–Crippen LogP) is 3.62. The molecule has 2 aromatic rings. The Morgan fingerprint density at radius 1 is 1.26 bits per heavy atom. The van der Waals surface area contributed by atoms with Gasteiger partial charge in [0.1, 0.15) is 11.6 Å². The molecule has 1 N–H and O–H groups in total. The third-order valence-corrected chi connectivity index (χ3v) is 3.21. The minimum Gasteiger partial charge on any atom is -0.435 e. The highest BCUT2D eigenvalue weighted by molar-refractivity contribution is 7.09. The van der Waals surface area contributed by atoms with Gasteiger partial charge in [-0.15, -0.1) is 0 Å². The molecule has 4 nitrogen and oxygen atoms in total. The zero-order valence-electron chi connectivity index (χ0n) is 10.4. The summed E-state index contributed by atoms with van der Waals surface area (Å²) in [4.78, 5) is 4.21. The lowest BCUT2D eigenvalue weighted by molar-refractivity contribution is -0.0498. The zero-order valence-corrected chi connectivity index (χ0v) is 11.2. The second kappa shape index (κ2) is 5.92. The molecule has 1 heterocycles. The number of alkyl halides is 2. The van der Waals surface area contributed by atoms with Crippen LogP contribution >= 0.6 is 11.5 Å². The van der Waals surface area contributed by atoms with Gasteiger partial charge < -0.3 is 10.1 Å². The fourth-order valence-corrected chi connectivity index (χ4v) is 2.22. The van der Waals surface area contributed by atoms with Gasteiger partial charge in [0.2, 0.25) is 5.13 Å². The van der Waals surface area contributed by atoms with Crippen LogP contribution in [0.25, 0.3) is 0 Å². The van der Waals surface area contributed by atoms with E-state index in [1.807, 2.05) is 13.8 Å². The number of anilines is 1. The number of benzene rings is 1. The first kappa shape index (κ1) is 13.7. The molecule has 0 aliphatic rings. The number of nitrogens with one attached hydrogen (secondary N) is 1. The van der Waals surface area contributed by atoms with E-state index in [4.69, 9.17) is 0 Å². The summed E-state index contributed by atoms with van der Waals surface area (Å²) in [5.74, 6) is 0.873. The minimum atomic E-state index is -2.80. The molecule has 7 heteroatoms. The van der Waals surface area contributed by atoms with Crippen molar-refractivity contribution in [3.63, 3.8) is 0 Å². The van der Waals surface area contributed by atoms with Crippen molar-refractivity contribution < 1.29 is 13.5 Å². The number of halogens is 2. The van der Waals surface area contributed by atoms with Gasteiger partial charge in [-0.05, 0) is 31.5 Å².